The van der Waals surface area contributed by atoms with E-state index in [1.807, 2.05) is 20.8 Å². The van der Waals surface area contributed by atoms with Crippen molar-refractivity contribution in [1.82, 2.24) is 10.6 Å². The highest BCUT2D eigenvalue weighted by Gasteiger charge is 2.38. The van der Waals surface area contributed by atoms with Crippen molar-refractivity contribution >= 4 is 11.9 Å². The number of nitrogens with one attached hydrogen (secondary N) is 2. The van der Waals surface area contributed by atoms with Crippen molar-refractivity contribution in [3.63, 3.8) is 0 Å². The van der Waals surface area contributed by atoms with Crippen LogP contribution >= 0.6 is 0 Å². The number of carbonyl (C=O) groups is 2. The molecule has 1 aliphatic rings. The molecule has 0 bridgehead atoms. The van der Waals surface area contributed by atoms with Crippen LogP contribution in [0, 0.1) is 5.41 Å². The van der Waals surface area contributed by atoms with Crippen LogP contribution in [0.2, 0.25) is 0 Å². The van der Waals surface area contributed by atoms with Crippen molar-refractivity contribution < 1.29 is 14.7 Å². The minimum absolute atomic E-state index is 0.121. The molecule has 5 nitrogen and oxygen atoms in total. The molecular formula is C15H28N2O3. The molecule has 1 fully saturated rings. The molecule has 1 saturated carbocycles. The van der Waals surface area contributed by atoms with Crippen LogP contribution in [0.5, 0.6) is 0 Å². The number of hydrogen-bond donors (Lipinski definition) is 3. The van der Waals surface area contributed by atoms with Crippen LogP contribution in [-0.4, -0.2) is 35.6 Å². The Morgan fingerprint density at radius 3 is 2.10 bits per heavy atom. The first-order valence-electron chi connectivity index (χ1n) is 7.50. The molecule has 0 saturated heterocycles. The zero-order valence-electron chi connectivity index (χ0n) is 12.9. The number of amides is 1. The van der Waals surface area contributed by atoms with E-state index in [4.69, 9.17) is 0 Å². The van der Waals surface area contributed by atoms with Gasteiger partial charge in [0.2, 0.25) is 5.91 Å². The van der Waals surface area contributed by atoms with Crippen LogP contribution in [-0.2, 0) is 9.59 Å². The molecule has 0 heterocycles. The van der Waals surface area contributed by atoms with E-state index < -0.39 is 11.4 Å². The molecule has 3 N–H and O–H groups in total. The lowest BCUT2D eigenvalue weighted by atomic mass is 9.80. The minimum Gasteiger partial charge on any atom is -0.481 e. The van der Waals surface area contributed by atoms with Gasteiger partial charge in [-0.25, -0.2) is 0 Å². The largest absolute Gasteiger partial charge is 0.481 e. The first kappa shape index (κ1) is 17.0. The molecule has 0 unspecified atom stereocenters. The van der Waals surface area contributed by atoms with Crippen molar-refractivity contribution in [3.05, 3.63) is 0 Å². The topological polar surface area (TPSA) is 78.4 Å². The summed E-state index contributed by atoms with van der Waals surface area (Å²) in [5.74, 6) is -0.909. The molecule has 20 heavy (non-hydrogen) atoms. The number of carbonyl (C=O) groups excluding carboxylic acids is 1. The minimum atomic E-state index is -0.775. The van der Waals surface area contributed by atoms with Crippen molar-refractivity contribution in [1.29, 1.82) is 0 Å². The Morgan fingerprint density at radius 1 is 1.10 bits per heavy atom. The summed E-state index contributed by atoms with van der Waals surface area (Å²) in [4.78, 5) is 23.4. The van der Waals surface area contributed by atoms with Gasteiger partial charge in [-0.05, 0) is 33.6 Å². The third-order valence-electron chi connectivity index (χ3n) is 3.92. The van der Waals surface area contributed by atoms with E-state index in [0.29, 0.717) is 12.8 Å². The van der Waals surface area contributed by atoms with Crippen molar-refractivity contribution in [2.24, 2.45) is 5.41 Å². The van der Waals surface area contributed by atoms with Gasteiger partial charge in [-0.3, -0.25) is 9.59 Å². The molecule has 5 heteroatoms. The lowest BCUT2D eigenvalue weighted by Gasteiger charge is -2.28. The third kappa shape index (κ3) is 5.49. The molecule has 1 amide bonds. The predicted molar refractivity (Wildman–Crippen MR) is 78.5 cm³/mol. The van der Waals surface area contributed by atoms with E-state index in [1.165, 1.54) is 0 Å². The quantitative estimate of drug-likeness (QED) is 0.674. The Kier molecular flexibility index (Phi) is 5.99. The van der Waals surface area contributed by atoms with Crippen LogP contribution < -0.4 is 10.6 Å². The van der Waals surface area contributed by atoms with Gasteiger partial charge in [0.05, 0.1) is 12.0 Å². The second kappa shape index (κ2) is 7.07. The molecule has 0 spiro atoms. The van der Waals surface area contributed by atoms with Crippen LogP contribution in [0.1, 0.15) is 59.3 Å². The lowest BCUT2D eigenvalue weighted by Crippen LogP contribution is -2.47. The zero-order chi connectivity index (χ0) is 15.2. The van der Waals surface area contributed by atoms with Crippen LogP contribution in [0.3, 0.4) is 0 Å². The monoisotopic (exact) mass is 284 g/mol. The van der Waals surface area contributed by atoms with Crippen molar-refractivity contribution in [2.45, 2.75) is 64.8 Å². The number of rotatable bonds is 5. The Morgan fingerprint density at radius 2 is 1.65 bits per heavy atom. The molecule has 0 aromatic heterocycles. The highest BCUT2D eigenvalue weighted by molar-refractivity contribution is 5.80. The molecule has 0 aromatic rings. The van der Waals surface area contributed by atoms with Gasteiger partial charge in [0.25, 0.3) is 0 Å². The zero-order valence-corrected chi connectivity index (χ0v) is 12.9. The summed E-state index contributed by atoms with van der Waals surface area (Å²) < 4.78 is 0. The normalized spacial score (nSPS) is 19.1. The Labute approximate surface area is 121 Å². The standard InChI is InChI=1S/C15H28N2O3/c1-14(2,3)17-10-12(18)16-11-15(13(19)20)8-6-4-5-7-9-15/h17H,4-11H2,1-3H3,(H,16,18)(H,19,20). The van der Waals surface area contributed by atoms with Crippen LogP contribution in [0.4, 0.5) is 0 Å². The van der Waals surface area contributed by atoms with Gasteiger partial charge in [0, 0.05) is 12.1 Å². The fourth-order valence-electron chi connectivity index (χ4n) is 2.55. The number of aliphatic carboxylic acids is 1. The molecule has 1 aliphatic carbocycles. The van der Waals surface area contributed by atoms with Gasteiger partial charge in [0.15, 0.2) is 0 Å². The first-order chi connectivity index (χ1) is 9.25. The van der Waals surface area contributed by atoms with Crippen LogP contribution in [0.25, 0.3) is 0 Å². The van der Waals surface area contributed by atoms with E-state index in [-0.39, 0.29) is 24.5 Å². The molecule has 0 atom stereocenters. The number of hydrogen-bond acceptors (Lipinski definition) is 3. The Bertz CT molecular complexity index is 340. The number of carboxylic acid groups (broad SMARTS) is 1. The summed E-state index contributed by atoms with van der Waals surface area (Å²) in [6.45, 7) is 6.44. The smallest absolute Gasteiger partial charge is 0.311 e. The molecule has 0 radical (unpaired) electrons. The maximum atomic E-state index is 11.8. The van der Waals surface area contributed by atoms with Gasteiger partial charge in [-0.15, -0.1) is 0 Å². The van der Waals surface area contributed by atoms with Gasteiger partial charge in [-0.2, -0.15) is 0 Å². The summed E-state index contributed by atoms with van der Waals surface area (Å²) in [6, 6.07) is 0. The predicted octanol–water partition coefficient (Wildman–Crippen LogP) is 1.92. The van der Waals surface area contributed by atoms with Crippen molar-refractivity contribution in [3.8, 4) is 0 Å². The third-order valence-corrected chi connectivity index (χ3v) is 3.92. The average molecular weight is 284 g/mol. The van der Waals surface area contributed by atoms with E-state index in [9.17, 15) is 14.7 Å². The van der Waals surface area contributed by atoms with E-state index >= 15 is 0 Å². The van der Waals surface area contributed by atoms with Gasteiger partial charge in [0.1, 0.15) is 0 Å². The summed E-state index contributed by atoms with van der Waals surface area (Å²) in [6.07, 6.45) is 5.37. The second-order valence-electron chi connectivity index (χ2n) is 6.88. The summed E-state index contributed by atoms with van der Waals surface area (Å²) in [5, 5.41) is 15.4. The van der Waals surface area contributed by atoms with Crippen molar-refractivity contribution in [2.75, 3.05) is 13.1 Å². The molecule has 1 rings (SSSR count). The maximum absolute atomic E-state index is 11.8. The first-order valence-corrected chi connectivity index (χ1v) is 7.50. The molecule has 0 aromatic carbocycles. The summed E-state index contributed by atoms with van der Waals surface area (Å²) in [7, 11) is 0. The fraction of sp³-hybridized carbons (Fsp3) is 0.867. The maximum Gasteiger partial charge on any atom is 0.311 e. The highest BCUT2D eigenvalue weighted by atomic mass is 16.4. The van der Waals surface area contributed by atoms with E-state index in [0.717, 1.165) is 25.7 Å². The SMILES string of the molecule is CC(C)(C)NCC(=O)NCC1(C(=O)O)CCCCCC1. The highest BCUT2D eigenvalue weighted by Crippen LogP contribution is 2.34. The van der Waals surface area contributed by atoms with E-state index in [2.05, 4.69) is 10.6 Å². The second-order valence-corrected chi connectivity index (χ2v) is 6.88. The van der Waals surface area contributed by atoms with Gasteiger partial charge < -0.3 is 15.7 Å². The Balaban J connectivity index is 2.50. The molecular weight excluding hydrogens is 256 g/mol. The van der Waals surface area contributed by atoms with Gasteiger partial charge in [-0.1, -0.05) is 25.7 Å². The lowest BCUT2D eigenvalue weighted by molar-refractivity contribution is -0.149. The molecule has 0 aliphatic heterocycles. The van der Waals surface area contributed by atoms with Gasteiger partial charge >= 0.3 is 5.97 Å². The average Bonchev–Trinajstić information content (AvgIpc) is 2.59. The number of carboxylic acids is 1. The summed E-state index contributed by atoms with van der Waals surface area (Å²) in [5.41, 5.74) is -0.891. The summed E-state index contributed by atoms with van der Waals surface area (Å²) >= 11 is 0. The van der Waals surface area contributed by atoms with E-state index in [1.54, 1.807) is 0 Å². The fourth-order valence-corrected chi connectivity index (χ4v) is 2.55. The van der Waals surface area contributed by atoms with Crippen LogP contribution in [0.15, 0.2) is 0 Å². The Hall–Kier alpha value is -1.10. The molecule has 116 valence electrons.